The smallest absolute Gasteiger partial charge is 0.243 e. The van der Waals surface area contributed by atoms with Crippen molar-refractivity contribution in [2.75, 3.05) is 35.2 Å². The summed E-state index contributed by atoms with van der Waals surface area (Å²) in [5.41, 5.74) is 2.02. The summed E-state index contributed by atoms with van der Waals surface area (Å²) in [6, 6.07) is 14.5. The molecule has 3 N–H and O–H groups in total. The number of pyridine rings is 1. The van der Waals surface area contributed by atoms with Gasteiger partial charge in [0.05, 0.1) is 28.9 Å². The maximum atomic E-state index is 12.5. The summed E-state index contributed by atoms with van der Waals surface area (Å²) in [6.45, 7) is 1.42. The Bertz CT molecular complexity index is 1060. The van der Waals surface area contributed by atoms with Crippen LogP contribution < -0.4 is 15.5 Å². The van der Waals surface area contributed by atoms with Crippen molar-refractivity contribution in [3.8, 4) is 0 Å². The number of rotatable bonds is 5. The van der Waals surface area contributed by atoms with Crippen LogP contribution in [0.25, 0.3) is 10.9 Å². The second kappa shape index (κ2) is 8.45. The van der Waals surface area contributed by atoms with E-state index < -0.39 is 0 Å². The topological polar surface area (TPSA) is 77.5 Å². The lowest BCUT2D eigenvalue weighted by molar-refractivity contribution is -0.114. The SMILES string of the molecule is O=C(CNc1cccc(Cl)c1)Nc1c(Cl)ccc2nc(N3CCC(O)C3)ccc12. The van der Waals surface area contributed by atoms with E-state index in [9.17, 15) is 9.90 Å². The van der Waals surface area contributed by atoms with Crippen LogP contribution in [0, 0.1) is 0 Å². The van der Waals surface area contributed by atoms with Crippen LogP contribution in [-0.4, -0.2) is 41.7 Å². The molecule has 0 radical (unpaired) electrons. The first-order valence-electron chi connectivity index (χ1n) is 9.31. The fraction of sp³-hybridized carbons (Fsp3) is 0.238. The molecule has 8 heteroatoms. The minimum Gasteiger partial charge on any atom is -0.391 e. The number of carbonyl (C=O) groups is 1. The number of hydrogen-bond donors (Lipinski definition) is 3. The highest BCUT2D eigenvalue weighted by atomic mass is 35.5. The number of aromatic nitrogens is 1. The van der Waals surface area contributed by atoms with Gasteiger partial charge in [-0.2, -0.15) is 0 Å². The van der Waals surface area contributed by atoms with Crippen LogP contribution >= 0.6 is 23.2 Å². The predicted octanol–water partition coefficient (Wildman–Crippen LogP) is 4.16. The Morgan fingerprint density at radius 1 is 1.21 bits per heavy atom. The second-order valence-electron chi connectivity index (χ2n) is 6.96. The Hall–Kier alpha value is -2.54. The first-order valence-corrected chi connectivity index (χ1v) is 10.1. The Kier molecular flexibility index (Phi) is 5.76. The summed E-state index contributed by atoms with van der Waals surface area (Å²) in [5.74, 6) is 0.572. The highest BCUT2D eigenvalue weighted by molar-refractivity contribution is 6.35. The van der Waals surface area contributed by atoms with Gasteiger partial charge in [0.1, 0.15) is 5.82 Å². The first-order chi connectivity index (χ1) is 14.0. The number of amides is 1. The summed E-state index contributed by atoms with van der Waals surface area (Å²) in [7, 11) is 0. The van der Waals surface area contributed by atoms with E-state index in [0.717, 1.165) is 35.4 Å². The minimum atomic E-state index is -0.320. The zero-order valence-corrected chi connectivity index (χ0v) is 17.0. The van der Waals surface area contributed by atoms with E-state index in [1.807, 2.05) is 35.2 Å². The van der Waals surface area contributed by atoms with Crippen LogP contribution in [-0.2, 0) is 4.79 Å². The molecule has 1 fully saturated rings. The van der Waals surface area contributed by atoms with Crippen molar-refractivity contribution in [1.82, 2.24) is 4.98 Å². The Morgan fingerprint density at radius 3 is 2.83 bits per heavy atom. The fourth-order valence-corrected chi connectivity index (χ4v) is 3.79. The predicted molar refractivity (Wildman–Crippen MR) is 118 cm³/mol. The molecule has 0 aliphatic carbocycles. The lowest BCUT2D eigenvalue weighted by Crippen LogP contribution is -2.23. The van der Waals surface area contributed by atoms with Crippen LogP contribution in [0.5, 0.6) is 0 Å². The summed E-state index contributed by atoms with van der Waals surface area (Å²) in [4.78, 5) is 19.2. The number of halogens is 2. The van der Waals surface area contributed by atoms with Gasteiger partial charge in [0, 0.05) is 29.2 Å². The molecule has 1 aromatic heterocycles. The van der Waals surface area contributed by atoms with E-state index in [1.165, 1.54) is 0 Å². The monoisotopic (exact) mass is 430 g/mol. The van der Waals surface area contributed by atoms with Gasteiger partial charge in [-0.15, -0.1) is 0 Å². The average molecular weight is 431 g/mol. The van der Waals surface area contributed by atoms with Gasteiger partial charge < -0.3 is 20.6 Å². The van der Waals surface area contributed by atoms with Crippen molar-refractivity contribution in [3.05, 3.63) is 58.6 Å². The number of nitrogens with one attached hydrogen (secondary N) is 2. The lowest BCUT2D eigenvalue weighted by atomic mass is 10.1. The second-order valence-corrected chi connectivity index (χ2v) is 7.80. The average Bonchev–Trinajstić information content (AvgIpc) is 3.15. The zero-order chi connectivity index (χ0) is 20.4. The van der Waals surface area contributed by atoms with E-state index >= 15 is 0 Å². The third-order valence-electron chi connectivity index (χ3n) is 4.84. The van der Waals surface area contributed by atoms with Crippen LogP contribution in [0.4, 0.5) is 17.2 Å². The Balaban J connectivity index is 1.51. The number of carbonyl (C=O) groups excluding carboxylic acids is 1. The largest absolute Gasteiger partial charge is 0.391 e. The molecule has 1 saturated heterocycles. The summed E-state index contributed by atoms with van der Waals surface area (Å²) < 4.78 is 0. The third kappa shape index (κ3) is 4.56. The molecule has 0 saturated carbocycles. The molecule has 1 aliphatic rings. The molecular formula is C21H20Cl2N4O2. The Morgan fingerprint density at radius 2 is 2.07 bits per heavy atom. The van der Waals surface area contributed by atoms with Crippen LogP contribution in [0.2, 0.25) is 10.0 Å². The zero-order valence-electron chi connectivity index (χ0n) is 15.5. The quantitative estimate of drug-likeness (QED) is 0.566. The highest BCUT2D eigenvalue weighted by Gasteiger charge is 2.22. The maximum absolute atomic E-state index is 12.5. The number of fused-ring (bicyclic) bond motifs is 1. The molecule has 6 nitrogen and oxygen atoms in total. The highest BCUT2D eigenvalue weighted by Crippen LogP contribution is 2.32. The summed E-state index contributed by atoms with van der Waals surface area (Å²) in [6.07, 6.45) is 0.418. The van der Waals surface area contributed by atoms with Gasteiger partial charge in [0.15, 0.2) is 0 Å². The van der Waals surface area contributed by atoms with Crippen LogP contribution in [0.3, 0.4) is 0 Å². The molecule has 1 amide bonds. The van der Waals surface area contributed by atoms with Crippen molar-refractivity contribution >= 4 is 57.2 Å². The number of aliphatic hydroxyl groups is 1. The number of anilines is 3. The number of β-amino-alcohol motifs (C(OH)–C–C–N with tert-alkyl or cyclic N) is 1. The Labute approximate surface area is 178 Å². The maximum Gasteiger partial charge on any atom is 0.243 e. The van der Waals surface area contributed by atoms with E-state index in [1.54, 1.807) is 18.2 Å². The molecule has 0 spiro atoms. The first kappa shape index (κ1) is 19.8. The minimum absolute atomic E-state index is 0.0736. The summed E-state index contributed by atoms with van der Waals surface area (Å²) in [5, 5.41) is 17.5. The van der Waals surface area contributed by atoms with Gasteiger partial charge in [-0.25, -0.2) is 4.98 Å². The van der Waals surface area contributed by atoms with Gasteiger partial charge in [0.25, 0.3) is 0 Å². The lowest BCUT2D eigenvalue weighted by Gasteiger charge is -2.18. The van der Waals surface area contributed by atoms with Crippen molar-refractivity contribution in [1.29, 1.82) is 0 Å². The normalized spacial score (nSPS) is 16.2. The molecule has 2 aromatic carbocycles. The molecule has 0 bridgehead atoms. The molecule has 1 aliphatic heterocycles. The molecule has 150 valence electrons. The van der Waals surface area contributed by atoms with E-state index in [-0.39, 0.29) is 18.6 Å². The van der Waals surface area contributed by atoms with Gasteiger partial charge in [-0.3, -0.25) is 4.79 Å². The molecular weight excluding hydrogens is 411 g/mol. The number of nitrogens with zero attached hydrogens (tertiary/aromatic N) is 2. The van der Waals surface area contributed by atoms with Crippen molar-refractivity contribution in [3.63, 3.8) is 0 Å². The third-order valence-corrected chi connectivity index (χ3v) is 5.39. The van der Waals surface area contributed by atoms with Gasteiger partial charge >= 0.3 is 0 Å². The van der Waals surface area contributed by atoms with E-state index in [4.69, 9.17) is 23.2 Å². The van der Waals surface area contributed by atoms with Crippen molar-refractivity contribution in [2.24, 2.45) is 0 Å². The summed E-state index contributed by atoms with van der Waals surface area (Å²) >= 11 is 12.3. The van der Waals surface area contributed by atoms with Gasteiger partial charge in [-0.05, 0) is 48.9 Å². The van der Waals surface area contributed by atoms with Crippen LogP contribution in [0.15, 0.2) is 48.5 Å². The molecule has 1 unspecified atom stereocenters. The van der Waals surface area contributed by atoms with Gasteiger partial charge in [-0.1, -0.05) is 29.3 Å². The van der Waals surface area contributed by atoms with E-state index in [2.05, 4.69) is 15.6 Å². The molecule has 1 atom stereocenters. The fourth-order valence-electron chi connectivity index (χ4n) is 3.38. The van der Waals surface area contributed by atoms with Crippen LogP contribution in [0.1, 0.15) is 6.42 Å². The molecule has 29 heavy (non-hydrogen) atoms. The van der Waals surface area contributed by atoms with Crippen molar-refractivity contribution in [2.45, 2.75) is 12.5 Å². The standard InChI is InChI=1S/C21H20Cl2N4O2/c22-13-2-1-3-14(10-13)24-11-20(29)26-21-16-4-7-19(27-9-8-15(28)12-27)25-18(16)6-5-17(21)23/h1-7,10,15,24,28H,8-9,11-12H2,(H,26,29). The number of hydrogen-bond acceptors (Lipinski definition) is 5. The van der Waals surface area contributed by atoms with Crippen molar-refractivity contribution < 1.29 is 9.90 Å². The van der Waals surface area contributed by atoms with E-state index in [0.29, 0.717) is 22.3 Å². The molecule has 2 heterocycles. The number of benzene rings is 2. The molecule has 3 aromatic rings. The number of aliphatic hydroxyl groups excluding tert-OH is 1. The van der Waals surface area contributed by atoms with Gasteiger partial charge in [0.2, 0.25) is 5.91 Å². The molecule has 4 rings (SSSR count).